The van der Waals surface area contributed by atoms with Crippen molar-refractivity contribution in [1.82, 2.24) is 4.90 Å². The molecular weight excluding hydrogens is 378 g/mol. The molecule has 0 N–H and O–H groups in total. The molecule has 162 valence electrons. The summed E-state index contributed by atoms with van der Waals surface area (Å²) in [4.78, 5) is 26.3. The molecule has 5 nitrogen and oxygen atoms in total. The Morgan fingerprint density at radius 2 is 1.63 bits per heavy atom. The maximum absolute atomic E-state index is 12.8. The van der Waals surface area contributed by atoms with E-state index in [1.165, 1.54) is 10.5 Å². The summed E-state index contributed by atoms with van der Waals surface area (Å²) in [7, 11) is 3.21. The van der Waals surface area contributed by atoms with Crippen molar-refractivity contribution < 1.29 is 19.1 Å². The highest BCUT2D eigenvalue weighted by Crippen LogP contribution is 2.37. The van der Waals surface area contributed by atoms with Crippen LogP contribution >= 0.6 is 0 Å². The largest absolute Gasteiger partial charge is 0.419 e. The number of benzene rings is 2. The maximum atomic E-state index is 12.8. The Labute approximate surface area is 180 Å². The number of carbonyl (C=O) groups is 2. The van der Waals surface area contributed by atoms with Crippen molar-refractivity contribution in [3.8, 4) is 11.5 Å². The van der Waals surface area contributed by atoms with Crippen LogP contribution in [-0.2, 0) is 11.8 Å². The predicted octanol–water partition coefficient (Wildman–Crippen LogP) is 5.91. The Bertz CT molecular complexity index is 893. The molecule has 2 aromatic carbocycles. The molecule has 0 saturated carbocycles. The van der Waals surface area contributed by atoms with Crippen LogP contribution < -0.4 is 9.47 Å². The van der Waals surface area contributed by atoms with E-state index in [0.717, 1.165) is 30.4 Å². The molecule has 0 bridgehead atoms. The van der Waals surface area contributed by atoms with Gasteiger partial charge < -0.3 is 14.4 Å². The van der Waals surface area contributed by atoms with Crippen molar-refractivity contribution in [2.24, 2.45) is 0 Å². The first-order valence-corrected chi connectivity index (χ1v) is 10.4. The first kappa shape index (κ1) is 23.5. The third-order valence-corrected chi connectivity index (χ3v) is 4.87. The van der Waals surface area contributed by atoms with Crippen molar-refractivity contribution >= 4 is 12.1 Å². The number of ether oxygens (including phenoxy) is 2. The van der Waals surface area contributed by atoms with Gasteiger partial charge in [-0.2, -0.15) is 0 Å². The Kier molecular flexibility index (Phi) is 7.65. The lowest BCUT2D eigenvalue weighted by molar-refractivity contribution is 0.0727. The highest BCUT2D eigenvalue weighted by molar-refractivity contribution is 5.91. The van der Waals surface area contributed by atoms with Gasteiger partial charge in [-0.05, 0) is 60.1 Å². The molecule has 2 rings (SSSR count). The van der Waals surface area contributed by atoms with E-state index < -0.39 is 12.1 Å². The number of carbonyl (C=O) groups excluding carboxylic acids is 2. The van der Waals surface area contributed by atoms with Gasteiger partial charge in [0.15, 0.2) is 11.5 Å². The van der Waals surface area contributed by atoms with Gasteiger partial charge in [-0.25, -0.2) is 9.59 Å². The standard InChI is InChI=1S/C25H33NO4/c1-8-9-10-18-11-13-19(14-12-18)23(27)29-21-16-20(25(3,4)5)15-17(2)22(21)30-24(28)26(6)7/h11-16H,8-10H2,1-7H3. The number of unbranched alkanes of at least 4 members (excludes halogenated alkanes) is 1. The molecule has 0 aliphatic rings. The molecule has 0 aromatic heterocycles. The van der Waals surface area contributed by atoms with Crippen LogP contribution in [0, 0.1) is 6.92 Å². The van der Waals surface area contributed by atoms with Crippen LogP contribution in [0.3, 0.4) is 0 Å². The van der Waals surface area contributed by atoms with Crippen LogP contribution in [0.4, 0.5) is 4.79 Å². The van der Waals surface area contributed by atoms with Crippen molar-refractivity contribution in [3.63, 3.8) is 0 Å². The van der Waals surface area contributed by atoms with E-state index in [2.05, 4.69) is 27.7 Å². The van der Waals surface area contributed by atoms with E-state index in [1.54, 1.807) is 32.3 Å². The van der Waals surface area contributed by atoms with E-state index >= 15 is 0 Å². The van der Waals surface area contributed by atoms with E-state index in [4.69, 9.17) is 9.47 Å². The van der Waals surface area contributed by atoms with Gasteiger partial charge in [0.2, 0.25) is 0 Å². The number of rotatable bonds is 6. The normalized spacial score (nSPS) is 11.2. The van der Waals surface area contributed by atoms with Crippen LogP contribution in [-0.4, -0.2) is 31.1 Å². The lowest BCUT2D eigenvalue weighted by Gasteiger charge is -2.23. The number of aryl methyl sites for hydroxylation is 2. The fraction of sp³-hybridized carbons (Fsp3) is 0.440. The van der Waals surface area contributed by atoms with Crippen molar-refractivity contribution in [1.29, 1.82) is 0 Å². The van der Waals surface area contributed by atoms with Gasteiger partial charge in [0.25, 0.3) is 0 Å². The number of hydrogen-bond acceptors (Lipinski definition) is 4. The average molecular weight is 412 g/mol. The number of amides is 1. The SMILES string of the molecule is CCCCc1ccc(C(=O)Oc2cc(C(C)(C)C)cc(C)c2OC(=O)N(C)C)cc1. The van der Waals surface area contributed by atoms with Gasteiger partial charge >= 0.3 is 12.1 Å². The van der Waals surface area contributed by atoms with Crippen LogP contribution in [0.1, 0.15) is 67.6 Å². The van der Waals surface area contributed by atoms with Gasteiger partial charge in [-0.15, -0.1) is 0 Å². The highest BCUT2D eigenvalue weighted by Gasteiger charge is 2.23. The molecule has 0 radical (unpaired) electrons. The van der Waals surface area contributed by atoms with Crippen LogP contribution in [0.15, 0.2) is 36.4 Å². The van der Waals surface area contributed by atoms with Gasteiger partial charge in [0.05, 0.1) is 5.56 Å². The minimum atomic E-state index is -0.529. The second kappa shape index (κ2) is 9.79. The summed E-state index contributed by atoms with van der Waals surface area (Å²) in [6.45, 7) is 10.2. The average Bonchev–Trinajstić information content (AvgIpc) is 2.68. The summed E-state index contributed by atoms with van der Waals surface area (Å²) < 4.78 is 11.2. The van der Waals surface area contributed by atoms with Crippen molar-refractivity contribution in [2.75, 3.05) is 14.1 Å². The van der Waals surface area contributed by atoms with E-state index in [1.807, 2.05) is 25.1 Å². The highest BCUT2D eigenvalue weighted by atomic mass is 16.6. The fourth-order valence-electron chi connectivity index (χ4n) is 2.91. The molecule has 0 aliphatic heterocycles. The number of hydrogen-bond donors (Lipinski definition) is 0. The third kappa shape index (κ3) is 6.09. The monoisotopic (exact) mass is 411 g/mol. The molecule has 0 saturated heterocycles. The van der Waals surface area contributed by atoms with E-state index in [0.29, 0.717) is 5.56 Å². The van der Waals surface area contributed by atoms with Crippen molar-refractivity contribution in [3.05, 3.63) is 58.7 Å². The number of nitrogens with zero attached hydrogens (tertiary/aromatic N) is 1. The van der Waals surface area contributed by atoms with Gasteiger partial charge in [0, 0.05) is 14.1 Å². The molecule has 30 heavy (non-hydrogen) atoms. The zero-order chi connectivity index (χ0) is 22.5. The summed E-state index contributed by atoms with van der Waals surface area (Å²) in [6, 6.07) is 11.2. The lowest BCUT2D eigenvalue weighted by atomic mass is 9.86. The molecule has 0 fully saturated rings. The predicted molar refractivity (Wildman–Crippen MR) is 120 cm³/mol. The quantitative estimate of drug-likeness (QED) is 0.438. The topological polar surface area (TPSA) is 55.8 Å². The minimum Gasteiger partial charge on any atom is -0.419 e. The third-order valence-electron chi connectivity index (χ3n) is 4.87. The summed E-state index contributed by atoms with van der Waals surface area (Å²) in [6.07, 6.45) is 2.70. The lowest BCUT2D eigenvalue weighted by Crippen LogP contribution is -2.26. The molecule has 0 unspecified atom stereocenters. The molecule has 0 atom stereocenters. The van der Waals surface area contributed by atoms with Gasteiger partial charge in [-0.1, -0.05) is 52.3 Å². The Morgan fingerprint density at radius 1 is 1.00 bits per heavy atom. The summed E-state index contributed by atoms with van der Waals surface area (Å²) >= 11 is 0. The molecule has 0 aliphatic carbocycles. The van der Waals surface area contributed by atoms with Gasteiger partial charge in [-0.3, -0.25) is 0 Å². The van der Waals surface area contributed by atoms with Crippen LogP contribution in [0.2, 0.25) is 0 Å². The summed E-state index contributed by atoms with van der Waals surface area (Å²) in [5.41, 5.74) is 3.22. The molecule has 0 spiro atoms. The summed E-state index contributed by atoms with van der Waals surface area (Å²) in [5, 5.41) is 0. The minimum absolute atomic E-state index is 0.156. The maximum Gasteiger partial charge on any atom is 0.414 e. The van der Waals surface area contributed by atoms with Crippen molar-refractivity contribution in [2.45, 2.75) is 59.3 Å². The second-order valence-corrected chi connectivity index (χ2v) is 8.82. The smallest absolute Gasteiger partial charge is 0.414 e. The van der Waals surface area contributed by atoms with Crippen LogP contribution in [0.25, 0.3) is 0 Å². The molecule has 2 aromatic rings. The molecule has 1 amide bonds. The second-order valence-electron chi connectivity index (χ2n) is 8.82. The molecule has 5 heteroatoms. The van der Waals surface area contributed by atoms with Gasteiger partial charge in [0.1, 0.15) is 0 Å². The number of esters is 1. The Morgan fingerprint density at radius 3 is 2.17 bits per heavy atom. The first-order chi connectivity index (χ1) is 14.0. The fourth-order valence-corrected chi connectivity index (χ4v) is 2.91. The summed E-state index contributed by atoms with van der Waals surface area (Å²) in [5.74, 6) is 0.0226. The van der Waals surface area contributed by atoms with E-state index in [-0.39, 0.29) is 16.9 Å². The molecule has 0 heterocycles. The molecular formula is C25H33NO4. The zero-order valence-electron chi connectivity index (χ0n) is 19.2. The Hall–Kier alpha value is -2.82. The first-order valence-electron chi connectivity index (χ1n) is 10.4. The van der Waals surface area contributed by atoms with E-state index in [9.17, 15) is 9.59 Å². The zero-order valence-corrected chi connectivity index (χ0v) is 19.2. The van der Waals surface area contributed by atoms with Crippen LogP contribution in [0.5, 0.6) is 11.5 Å². The Balaban J connectivity index is 2.36.